The fourth-order valence-electron chi connectivity index (χ4n) is 3.16. The molecule has 0 atom stereocenters. The summed E-state index contributed by atoms with van der Waals surface area (Å²) in [5.41, 5.74) is 4.75. The van der Waals surface area contributed by atoms with Gasteiger partial charge in [-0.25, -0.2) is 4.98 Å². The van der Waals surface area contributed by atoms with Crippen LogP contribution in [0.1, 0.15) is 27.4 Å². The molecule has 1 amide bonds. The fourth-order valence-corrected chi connectivity index (χ4v) is 3.82. The first-order valence-electron chi connectivity index (χ1n) is 9.03. The Morgan fingerprint density at radius 2 is 2.03 bits per heavy atom. The van der Waals surface area contributed by atoms with Crippen LogP contribution >= 0.6 is 11.3 Å². The summed E-state index contributed by atoms with van der Waals surface area (Å²) in [6, 6.07) is 9.93. The lowest BCUT2D eigenvalue weighted by Gasteiger charge is -2.14. The van der Waals surface area contributed by atoms with Crippen LogP contribution in [0.4, 0.5) is 5.13 Å². The molecule has 0 bridgehead atoms. The second-order valence-electron chi connectivity index (χ2n) is 6.74. The minimum absolute atomic E-state index is 0.0225. The van der Waals surface area contributed by atoms with Crippen LogP contribution in [-0.2, 0) is 4.79 Å². The molecule has 6 nitrogen and oxygen atoms in total. The summed E-state index contributed by atoms with van der Waals surface area (Å²) in [5.74, 6) is 0.283. The van der Waals surface area contributed by atoms with Crippen LogP contribution in [0.5, 0.6) is 5.75 Å². The van der Waals surface area contributed by atoms with Gasteiger partial charge in [-0.15, -0.1) is 11.3 Å². The maximum atomic E-state index is 12.5. The van der Waals surface area contributed by atoms with E-state index in [2.05, 4.69) is 20.9 Å². The van der Waals surface area contributed by atoms with Crippen molar-refractivity contribution in [2.45, 2.75) is 27.7 Å². The Bertz CT molecular complexity index is 1150. The third-order valence-corrected chi connectivity index (χ3v) is 5.38. The Balaban J connectivity index is 2.00. The highest BCUT2D eigenvalue weighted by molar-refractivity contribution is 7.15. The van der Waals surface area contributed by atoms with E-state index in [4.69, 9.17) is 4.74 Å². The van der Waals surface area contributed by atoms with Gasteiger partial charge in [-0.2, -0.15) is 5.26 Å². The topological polar surface area (TPSA) is 79.9 Å². The molecule has 0 aliphatic carbocycles. The highest BCUT2D eigenvalue weighted by atomic mass is 32.1. The number of aryl methyl sites for hydroxylation is 3. The Morgan fingerprint density at radius 3 is 2.66 bits per heavy atom. The van der Waals surface area contributed by atoms with Crippen LogP contribution in [0, 0.1) is 39.0 Å². The largest absolute Gasteiger partial charge is 0.495 e. The molecule has 0 aliphatic heterocycles. The van der Waals surface area contributed by atoms with E-state index in [0.29, 0.717) is 5.13 Å². The van der Waals surface area contributed by atoms with Crippen LogP contribution in [0.3, 0.4) is 0 Å². The van der Waals surface area contributed by atoms with Gasteiger partial charge in [0, 0.05) is 22.5 Å². The van der Waals surface area contributed by atoms with Crippen LogP contribution in [0.25, 0.3) is 11.8 Å². The van der Waals surface area contributed by atoms with Gasteiger partial charge in [0.2, 0.25) is 0 Å². The van der Waals surface area contributed by atoms with Gasteiger partial charge in [0.15, 0.2) is 5.13 Å². The molecule has 29 heavy (non-hydrogen) atoms. The number of ether oxygens (including phenoxy) is 1. The number of carbonyl (C=O) groups excluding carboxylic acids is 1. The number of carbonyl (C=O) groups is 1. The number of anilines is 1. The third kappa shape index (κ3) is 4.23. The minimum atomic E-state index is -0.472. The van der Waals surface area contributed by atoms with Gasteiger partial charge in [-0.05, 0) is 63.1 Å². The zero-order chi connectivity index (χ0) is 21.1. The van der Waals surface area contributed by atoms with Crippen molar-refractivity contribution in [1.82, 2.24) is 9.55 Å². The Hall–Kier alpha value is -3.37. The molecular weight excluding hydrogens is 384 g/mol. The summed E-state index contributed by atoms with van der Waals surface area (Å²) in [7, 11) is 1.64. The van der Waals surface area contributed by atoms with E-state index in [1.807, 2.05) is 52.0 Å². The molecule has 0 saturated heterocycles. The van der Waals surface area contributed by atoms with E-state index in [1.54, 1.807) is 19.4 Å². The number of amides is 1. The first-order valence-corrected chi connectivity index (χ1v) is 9.85. The van der Waals surface area contributed by atoms with Crippen molar-refractivity contribution in [2.24, 2.45) is 0 Å². The van der Waals surface area contributed by atoms with E-state index >= 15 is 0 Å². The number of nitrogens with one attached hydrogen (secondary N) is 1. The zero-order valence-corrected chi connectivity index (χ0v) is 17.8. The second kappa shape index (κ2) is 8.33. The molecule has 0 radical (unpaired) electrons. The van der Waals surface area contributed by atoms with E-state index in [-0.39, 0.29) is 5.57 Å². The van der Waals surface area contributed by atoms with Crippen molar-refractivity contribution in [3.05, 3.63) is 63.4 Å². The van der Waals surface area contributed by atoms with Crippen molar-refractivity contribution in [2.75, 3.05) is 12.4 Å². The number of hydrogen-bond donors (Lipinski definition) is 1. The SMILES string of the molecule is COc1ccc(C)cc1-n1c(C)cc(/C=C(/C#N)C(=O)Nc2ncc(C)s2)c1C. The van der Waals surface area contributed by atoms with Crippen LogP contribution in [0.2, 0.25) is 0 Å². The summed E-state index contributed by atoms with van der Waals surface area (Å²) in [5, 5.41) is 12.7. The molecule has 3 aromatic rings. The monoisotopic (exact) mass is 406 g/mol. The number of benzene rings is 1. The molecule has 2 heterocycles. The van der Waals surface area contributed by atoms with Crippen LogP contribution < -0.4 is 10.1 Å². The van der Waals surface area contributed by atoms with E-state index in [0.717, 1.165) is 38.8 Å². The van der Waals surface area contributed by atoms with Gasteiger partial charge < -0.3 is 9.30 Å². The maximum absolute atomic E-state index is 12.5. The van der Waals surface area contributed by atoms with Crippen LogP contribution in [-0.4, -0.2) is 22.6 Å². The van der Waals surface area contributed by atoms with Gasteiger partial charge in [0.25, 0.3) is 5.91 Å². The summed E-state index contributed by atoms with van der Waals surface area (Å²) in [6.45, 7) is 7.87. The predicted molar refractivity (Wildman–Crippen MR) is 116 cm³/mol. The Labute approximate surface area is 174 Å². The highest BCUT2D eigenvalue weighted by Crippen LogP contribution is 2.30. The van der Waals surface area contributed by atoms with E-state index in [9.17, 15) is 10.1 Å². The smallest absolute Gasteiger partial charge is 0.268 e. The van der Waals surface area contributed by atoms with Gasteiger partial charge in [0.1, 0.15) is 17.4 Å². The minimum Gasteiger partial charge on any atom is -0.495 e. The average Bonchev–Trinajstić information content (AvgIpc) is 3.21. The van der Waals surface area contributed by atoms with Gasteiger partial charge in [-0.1, -0.05) is 6.07 Å². The maximum Gasteiger partial charge on any atom is 0.268 e. The van der Waals surface area contributed by atoms with Crippen LogP contribution in [0.15, 0.2) is 36.0 Å². The quantitative estimate of drug-likeness (QED) is 0.491. The van der Waals surface area contributed by atoms with Crippen molar-refractivity contribution in [1.29, 1.82) is 5.26 Å². The van der Waals surface area contributed by atoms with E-state index < -0.39 is 5.91 Å². The van der Waals surface area contributed by atoms with Gasteiger partial charge in [-0.3, -0.25) is 10.1 Å². The van der Waals surface area contributed by atoms with Crippen molar-refractivity contribution in [3.8, 4) is 17.5 Å². The number of methoxy groups -OCH3 is 1. The second-order valence-corrected chi connectivity index (χ2v) is 7.97. The third-order valence-electron chi connectivity index (χ3n) is 4.55. The number of rotatable bonds is 5. The fraction of sp³-hybridized carbons (Fsp3) is 0.227. The number of nitriles is 1. The van der Waals surface area contributed by atoms with Crippen molar-refractivity contribution < 1.29 is 9.53 Å². The molecule has 7 heteroatoms. The molecular formula is C22H22N4O2S. The van der Waals surface area contributed by atoms with E-state index in [1.165, 1.54) is 11.3 Å². The summed E-state index contributed by atoms with van der Waals surface area (Å²) in [4.78, 5) is 17.6. The zero-order valence-electron chi connectivity index (χ0n) is 17.0. The Kier molecular flexibility index (Phi) is 5.85. The lowest BCUT2D eigenvalue weighted by Crippen LogP contribution is -2.13. The molecule has 1 aromatic carbocycles. The number of thiazole rings is 1. The highest BCUT2D eigenvalue weighted by Gasteiger charge is 2.16. The summed E-state index contributed by atoms with van der Waals surface area (Å²) >= 11 is 1.36. The average molecular weight is 407 g/mol. The number of nitrogens with zero attached hydrogens (tertiary/aromatic N) is 3. The first-order chi connectivity index (χ1) is 13.8. The Morgan fingerprint density at radius 1 is 1.28 bits per heavy atom. The molecule has 1 N–H and O–H groups in total. The standard InChI is InChI=1S/C22H22N4O2S/c1-13-6-7-20(28-5)19(8-13)26-14(2)9-17(16(26)4)10-18(11-23)21(27)25-22-24-12-15(3)29-22/h6-10,12H,1-5H3,(H,24,25,27)/b18-10-. The molecule has 3 rings (SSSR count). The molecule has 148 valence electrons. The number of aromatic nitrogens is 2. The molecule has 0 fully saturated rings. The first kappa shape index (κ1) is 20.4. The molecule has 0 spiro atoms. The lowest BCUT2D eigenvalue weighted by atomic mass is 10.1. The summed E-state index contributed by atoms with van der Waals surface area (Å²) < 4.78 is 7.59. The summed E-state index contributed by atoms with van der Waals surface area (Å²) in [6.07, 6.45) is 3.29. The lowest BCUT2D eigenvalue weighted by molar-refractivity contribution is -0.112. The molecule has 0 aliphatic rings. The number of hydrogen-bond acceptors (Lipinski definition) is 5. The van der Waals surface area contributed by atoms with Crippen molar-refractivity contribution in [3.63, 3.8) is 0 Å². The normalized spacial score (nSPS) is 11.2. The predicted octanol–water partition coefficient (Wildman–Crippen LogP) is 4.72. The van der Waals surface area contributed by atoms with Gasteiger partial charge >= 0.3 is 0 Å². The molecule has 2 aromatic heterocycles. The molecule has 0 saturated carbocycles. The van der Waals surface area contributed by atoms with Gasteiger partial charge in [0.05, 0.1) is 12.8 Å². The van der Waals surface area contributed by atoms with Crippen molar-refractivity contribution >= 4 is 28.5 Å². The molecule has 0 unspecified atom stereocenters.